The molecule has 2 aromatic heterocycles. The predicted octanol–water partition coefficient (Wildman–Crippen LogP) is 8.13. The van der Waals surface area contributed by atoms with Gasteiger partial charge in [0.2, 0.25) is 0 Å². The first-order valence-electron chi connectivity index (χ1n) is 15.8. The van der Waals surface area contributed by atoms with Gasteiger partial charge in [-0.05, 0) is 58.9 Å². The number of hydrogen-bond acceptors (Lipinski definition) is 7. The molecule has 1 unspecified atom stereocenters. The van der Waals surface area contributed by atoms with Crippen molar-refractivity contribution in [2.75, 3.05) is 19.4 Å². The number of carbonyl (C=O) groups is 1. The van der Waals surface area contributed by atoms with Crippen LogP contribution in [0.4, 0.5) is 0 Å². The summed E-state index contributed by atoms with van der Waals surface area (Å²) in [6.07, 6.45) is 0.619. The van der Waals surface area contributed by atoms with Crippen LogP contribution in [0.1, 0.15) is 59.4 Å². The molecule has 6 aromatic rings. The molecule has 1 amide bonds. The van der Waals surface area contributed by atoms with Crippen LogP contribution < -0.4 is 5.32 Å². The van der Waals surface area contributed by atoms with E-state index in [9.17, 15) is 13.2 Å². The van der Waals surface area contributed by atoms with E-state index in [1.165, 1.54) is 5.56 Å². The fourth-order valence-electron chi connectivity index (χ4n) is 5.65. The number of aromatic nitrogens is 1. The SMILES string of the molecule is COS(=O)(=O)CCNC(=O)c1ccc(CC(c2ccc(C(C)(C)C)cc2)c2cc(-c3cccc(-c4cc5ccccc5o4)c3)on2)cc1. The number of amides is 1. The van der Waals surface area contributed by atoms with E-state index in [2.05, 4.69) is 59.7 Å². The zero-order valence-electron chi connectivity index (χ0n) is 27.4. The summed E-state index contributed by atoms with van der Waals surface area (Å²) in [5, 5.41) is 8.24. The van der Waals surface area contributed by atoms with Crippen molar-refractivity contribution in [3.8, 4) is 22.6 Å². The Labute approximate surface area is 280 Å². The molecule has 1 N–H and O–H groups in total. The molecule has 0 aliphatic carbocycles. The van der Waals surface area contributed by atoms with E-state index >= 15 is 0 Å². The largest absolute Gasteiger partial charge is 0.456 e. The van der Waals surface area contributed by atoms with Gasteiger partial charge in [0.25, 0.3) is 16.0 Å². The molecule has 48 heavy (non-hydrogen) atoms. The summed E-state index contributed by atoms with van der Waals surface area (Å²) in [4.78, 5) is 12.6. The van der Waals surface area contributed by atoms with Gasteiger partial charge in [-0.2, -0.15) is 8.42 Å². The Kier molecular flexibility index (Phi) is 9.35. The molecular weight excluding hydrogens is 625 g/mol. The van der Waals surface area contributed by atoms with Crippen LogP contribution in [0.25, 0.3) is 33.6 Å². The van der Waals surface area contributed by atoms with Gasteiger partial charge in [-0.15, -0.1) is 0 Å². The number of nitrogens with zero attached hydrogens (tertiary/aromatic N) is 1. The molecule has 8 nitrogen and oxygen atoms in total. The van der Waals surface area contributed by atoms with Crippen molar-refractivity contribution in [2.24, 2.45) is 0 Å². The summed E-state index contributed by atoms with van der Waals surface area (Å²) in [5.41, 5.74) is 7.27. The Morgan fingerprint density at radius 3 is 2.25 bits per heavy atom. The zero-order valence-corrected chi connectivity index (χ0v) is 28.2. The summed E-state index contributed by atoms with van der Waals surface area (Å²) >= 11 is 0. The highest BCUT2D eigenvalue weighted by Crippen LogP contribution is 2.35. The van der Waals surface area contributed by atoms with Crippen molar-refractivity contribution in [2.45, 2.75) is 38.5 Å². The first kappa shape index (κ1) is 32.9. The third kappa shape index (κ3) is 7.59. The first-order valence-corrected chi connectivity index (χ1v) is 17.4. The molecule has 2 heterocycles. The Hall–Kier alpha value is -4.99. The van der Waals surface area contributed by atoms with Crippen molar-refractivity contribution in [1.29, 1.82) is 0 Å². The van der Waals surface area contributed by atoms with Crippen LogP contribution in [0.3, 0.4) is 0 Å². The molecule has 0 aliphatic rings. The fourth-order valence-corrected chi connectivity index (χ4v) is 6.17. The van der Waals surface area contributed by atoms with E-state index in [0.29, 0.717) is 17.7 Å². The first-order chi connectivity index (χ1) is 23.0. The molecule has 0 fully saturated rings. The molecule has 246 valence electrons. The van der Waals surface area contributed by atoms with E-state index in [0.717, 1.165) is 51.8 Å². The molecule has 0 saturated carbocycles. The molecule has 4 aromatic carbocycles. The third-order valence-electron chi connectivity index (χ3n) is 8.47. The highest BCUT2D eigenvalue weighted by Gasteiger charge is 2.22. The van der Waals surface area contributed by atoms with Gasteiger partial charge < -0.3 is 14.3 Å². The van der Waals surface area contributed by atoms with E-state index in [4.69, 9.17) is 8.94 Å². The molecule has 9 heteroatoms. The summed E-state index contributed by atoms with van der Waals surface area (Å²) in [6, 6.07) is 36.0. The number of para-hydroxylation sites is 1. The van der Waals surface area contributed by atoms with Crippen LogP contribution in [-0.2, 0) is 26.1 Å². The fraction of sp³-hybridized carbons (Fsp3) is 0.231. The number of furan rings is 1. The molecule has 6 rings (SSSR count). The molecule has 1 atom stereocenters. The minimum Gasteiger partial charge on any atom is -0.456 e. The Morgan fingerprint density at radius 2 is 1.56 bits per heavy atom. The van der Waals surface area contributed by atoms with E-state index in [1.54, 1.807) is 12.1 Å². The van der Waals surface area contributed by atoms with Crippen molar-refractivity contribution < 1.29 is 26.3 Å². The van der Waals surface area contributed by atoms with Crippen LogP contribution in [0.15, 0.2) is 118 Å². The lowest BCUT2D eigenvalue weighted by Crippen LogP contribution is -2.29. The van der Waals surface area contributed by atoms with Crippen LogP contribution in [0, 0.1) is 0 Å². The second-order valence-corrected chi connectivity index (χ2v) is 14.7. The van der Waals surface area contributed by atoms with Gasteiger partial charge in [0.1, 0.15) is 11.3 Å². The van der Waals surface area contributed by atoms with Gasteiger partial charge in [0.05, 0.1) is 18.6 Å². The predicted molar refractivity (Wildman–Crippen MR) is 187 cm³/mol. The van der Waals surface area contributed by atoms with E-state index < -0.39 is 10.1 Å². The molecule has 0 aliphatic heterocycles. The number of carbonyl (C=O) groups excluding carboxylic acids is 1. The highest BCUT2D eigenvalue weighted by molar-refractivity contribution is 7.86. The molecular formula is C39H38N2O6S. The van der Waals surface area contributed by atoms with E-state index in [-0.39, 0.29) is 29.5 Å². The van der Waals surface area contributed by atoms with Crippen molar-refractivity contribution >= 4 is 27.0 Å². The standard InChI is InChI=1S/C39H38N2O6S/c1-39(2,3)32-18-16-27(17-19-32)33(22-26-12-14-28(15-13-26)38(42)40-20-21-48(43,44)45-4)34-25-37(47-41-34)30-10-7-9-29(23-30)36-24-31-8-5-6-11-35(31)46-36/h5-19,23-25,33H,20-22H2,1-4H3,(H,40,42). The smallest absolute Gasteiger partial charge is 0.268 e. The zero-order chi connectivity index (χ0) is 33.9. The number of benzene rings is 4. The molecule has 0 spiro atoms. The lowest BCUT2D eigenvalue weighted by atomic mass is 9.83. The topological polar surface area (TPSA) is 112 Å². The summed E-state index contributed by atoms with van der Waals surface area (Å²) in [5.74, 6) is 0.670. The van der Waals surface area contributed by atoms with Gasteiger partial charge in [-0.3, -0.25) is 8.98 Å². The minimum atomic E-state index is -3.65. The normalized spacial score (nSPS) is 12.7. The maximum Gasteiger partial charge on any atom is 0.268 e. The van der Waals surface area contributed by atoms with E-state index in [1.807, 2.05) is 72.8 Å². The quantitative estimate of drug-likeness (QED) is 0.139. The lowest BCUT2D eigenvalue weighted by Gasteiger charge is -2.21. The lowest BCUT2D eigenvalue weighted by molar-refractivity contribution is 0.0956. The third-order valence-corrected chi connectivity index (χ3v) is 9.68. The summed E-state index contributed by atoms with van der Waals surface area (Å²) in [7, 11) is -2.55. The van der Waals surface area contributed by atoms with Crippen LogP contribution in [0.5, 0.6) is 0 Å². The molecule has 0 radical (unpaired) electrons. The Bertz CT molecular complexity index is 2110. The van der Waals surface area contributed by atoms with Crippen molar-refractivity contribution in [3.63, 3.8) is 0 Å². The van der Waals surface area contributed by atoms with Crippen LogP contribution >= 0.6 is 0 Å². The van der Waals surface area contributed by atoms with Crippen molar-refractivity contribution in [1.82, 2.24) is 10.5 Å². The maximum absolute atomic E-state index is 12.6. The van der Waals surface area contributed by atoms with Crippen LogP contribution in [-0.4, -0.2) is 38.9 Å². The monoisotopic (exact) mass is 662 g/mol. The van der Waals surface area contributed by atoms with Gasteiger partial charge in [-0.25, -0.2) is 0 Å². The number of nitrogens with one attached hydrogen (secondary N) is 1. The number of rotatable bonds is 11. The summed E-state index contributed by atoms with van der Waals surface area (Å²) in [6.45, 7) is 6.53. The number of fused-ring (bicyclic) bond motifs is 1. The molecule has 0 bridgehead atoms. The second kappa shape index (κ2) is 13.6. The van der Waals surface area contributed by atoms with Gasteiger partial charge >= 0.3 is 0 Å². The van der Waals surface area contributed by atoms with Gasteiger partial charge in [0.15, 0.2) is 5.76 Å². The molecule has 0 saturated heterocycles. The second-order valence-electron chi connectivity index (χ2n) is 12.9. The van der Waals surface area contributed by atoms with Gasteiger partial charge in [0, 0.05) is 40.6 Å². The van der Waals surface area contributed by atoms with Crippen molar-refractivity contribution in [3.05, 3.63) is 137 Å². The Balaban J connectivity index is 1.26. The minimum absolute atomic E-state index is 0.0180. The Morgan fingerprint density at radius 1 is 0.854 bits per heavy atom. The van der Waals surface area contributed by atoms with Crippen LogP contribution in [0.2, 0.25) is 0 Å². The van der Waals surface area contributed by atoms with Gasteiger partial charge in [-0.1, -0.05) is 98.7 Å². The highest BCUT2D eigenvalue weighted by atomic mass is 32.2. The average Bonchev–Trinajstić information content (AvgIpc) is 3.75. The number of hydrogen-bond donors (Lipinski definition) is 1. The average molecular weight is 663 g/mol. The summed E-state index contributed by atoms with van der Waals surface area (Å²) < 4.78 is 39.6. The maximum atomic E-state index is 12.6.